The Kier molecular flexibility index (Phi) is 9.20. The number of carbonyl (C=O) groups is 2. The van der Waals surface area contributed by atoms with Crippen LogP contribution in [0.2, 0.25) is 0 Å². The van der Waals surface area contributed by atoms with E-state index in [1.165, 1.54) is 11.3 Å². The number of rotatable bonds is 9. The fourth-order valence-corrected chi connectivity index (χ4v) is 7.86. The van der Waals surface area contributed by atoms with Gasteiger partial charge in [-0.3, -0.25) is 14.2 Å². The molecule has 0 bridgehead atoms. The van der Waals surface area contributed by atoms with Crippen molar-refractivity contribution in [3.05, 3.63) is 109 Å². The fourth-order valence-electron chi connectivity index (χ4n) is 6.85. The number of hydrogen-bond acceptors (Lipinski definition) is 8. The molecule has 1 atom stereocenters. The molecule has 2 aliphatic rings. The van der Waals surface area contributed by atoms with Crippen LogP contribution >= 0.6 is 11.3 Å². The van der Waals surface area contributed by atoms with Gasteiger partial charge in [-0.2, -0.15) is 0 Å². The molecule has 0 unspecified atom stereocenters. The van der Waals surface area contributed by atoms with Gasteiger partial charge in [0.05, 0.1) is 42.7 Å². The Morgan fingerprint density at radius 3 is 2.53 bits per heavy atom. The van der Waals surface area contributed by atoms with Crippen LogP contribution in [0.1, 0.15) is 43.9 Å². The number of fused-ring (bicyclic) bond motifs is 3. The van der Waals surface area contributed by atoms with E-state index < -0.39 is 12.0 Å². The highest BCUT2D eigenvalue weighted by atomic mass is 32.1. The summed E-state index contributed by atoms with van der Waals surface area (Å²) in [5, 5.41) is 2.75. The van der Waals surface area contributed by atoms with Crippen molar-refractivity contribution in [3.63, 3.8) is 0 Å². The van der Waals surface area contributed by atoms with Gasteiger partial charge >= 0.3 is 5.97 Å². The third kappa shape index (κ3) is 5.97. The smallest absolute Gasteiger partial charge is 0.338 e. The van der Waals surface area contributed by atoms with Crippen molar-refractivity contribution in [3.8, 4) is 5.75 Å². The van der Waals surface area contributed by atoms with Crippen molar-refractivity contribution < 1.29 is 23.8 Å². The van der Waals surface area contributed by atoms with E-state index in [1.54, 1.807) is 18.6 Å². The van der Waals surface area contributed by atoms with Gasteiger partial charge in [-0.05, 0) is 42.3 Å². The minimum Gasteiger partial charge on any atom is -0.496 e. The number of aromatic nitrogens is 2. The minimum atomic E-state index is -0.826. The zero-order valence-corrected chi connectivity index (χ0v) is 28.6. The van der Waals surface area contributed by atoms with E-state index in [0.717, 1.165) is 33.7 Å². The number of amides is 1. The predicted molar refractivity (Wildman–Crippen MR) is 189 cm³/mol. The molecule has 11 heteroatoms. The second-order valence-electron chi connectivity index (χ2n) is 12.0. The first-order valence-corrected chi connectivity index (χ1v) is 17.5. The Hall–Kier alpha value is -5.00. The number of para-hydroxylation sites is 1. The van der Waals surface area contributed by atoms with Gasteiger partial charge in [-0.15, -0.1) is 0 Å². The predicted octanol–water partition coefficient (Wildman–Crippen LogP) is 4.55. The summed E-state index contributed by atoms with van der Waals surface area (Å²) in [5.74, 6) is 0.0803. The minimum absolute atomic E-state index is 0.0222. The molecule has 7 rings (SSSR count). The molecule has 0 aliphatic carbocycles. The summed E-state index contributed by atoms with van der Waals surface area (Å²) in [6, 6.07) is 18.8. The molecule has 1 amide bonds. The zero-order chi connectivity index (χ0) is 34.1. The van der Waals surface area contributed by atoms with Gasteiger partial charge in [0.1, 0.15) is 18.3 Å². The molecular weight excluding hydrogens is 641 g/mol. The van der Waals surface area contributed by atoms with Crippen LogP contribution in [0, 0.1) is 0 Å². The highest BCUT2D eigenvalue weighted by Crippen LogP contribution is 2.41. The number of benzene rings is 3. The molecule has 49 heavy (non-hydrogen) atoms. The van der Waals surface area contributed by atoms with Crippen LogP contribution in [-0.2, 0) is 25.6 Å². The Bertz CT molecular complexity index is 2290. The van der Waals surface area contributed by atoms with Gasteiger partial charge in [0.25, 0.3) is 5.56 Å². The lowest BCUT2D eigenvalue weighted by Crippen LogP contribution is -2.42. The van der Waals surface area contributed by atoms with Crippen molar-refractivity contribution >= 4 is 51.0 Å². The summed E-state index contributed by atoms with van der Waals surface area (Å²) >= 11 is 1.29. The Labute approximate surface area is 287 Å². The highest BCUT2D eigenvalue weighted by molar-refractivity contribution is 7.07. The average Bonchev–Trinajstić information content (AvgIpc) is 3.63. The summed E-state index contributed by atoms with van der Waals surface area (Å²) in [7, 11) is 1.59. The third-order valence-electron chi connectivity index (χ3n) is 9.09. The molecule has 4 heterocycles. The molecule has 252 valence electrons. The fraction of sp³-hybridized carbons (Fsp3) is 0.316. The van der Waals surface area contributed by atoms with E-state index in [-0.39, 0.29) is 24.6 Å². The highest BCUT2D eigenvalue weighted by Gasteiger charge is 2.37. The van der Waals surface area contributed by atoms with Gasteiger partial charge in [-0.25, -0.2) is 9.79 Å². The molecule has 0 N–H and O–H groups in total. The summed E-state index contributed by atoms with van der Waals surface area (Å²) in [6.07, 6.45) is 5.08. The number of allylic oxidation sites excluding steroid dienone is 1. The van der Waals surface area contributed by atoms with Gasteiger partial charge in [0.2, 0.25) is 5.91 Å². The third-order valence-corrected chi connectivity index (χ3v) is 10.1. The quantitative estimate of drug-likeness (QED) is 0.212. The largest absolute Gasteiger partial charge is 0.496 e. The van der Waals surface area contributed by atoms with Gasteiger partial charge in [0, 0.05) is 41.3 Å². The van der Waals surface area contributed by atoms with Crippen LogP contribution in [0.3, 0.4) is 0 Å². The molecule has 3 aromatic carbocycles. The first-order valence-electron chi connectivity index (χ1n) is 16.6. The van der Waals surface area contributed by atoms with Crippen molar-refractivity contribution in [2.24, 2.45) is 4.99 Å². The zero-order valence-electron chi connectivity index (χ0n) is 27.8. The van der Waals surface area contributed by atoms with E-state index in [2.05, 4.69) is 0 Å². The number of carbonyl (C=O) groups excluding carboxylic acids is 2. The number of morpholine rings is 1. The summed E-state index contributed by atoms with van der Waals surface area (Å²) in [4.78, 5) is 49.0. The summed E-state index contributed by atoms with van der Waals surface area (Å²) in [6.45, 7) is 6.38. The molecule has 5 aromatic rings. The van der Waals surface area contributed by atoms with Crippen molar-refractivity contribution in [1.82, 2.24) is 14.0 Å². The molecule has 0 saturated carbocycles. The lowest BCUT2D eigenvalue weighted by molar-refractivity contribution is -0.139. The van der Waals surface area contributed by atoms with Gasteiger partial charge < -0.3 is 23.7 Å². The van der Waals surface area contributed by atoms with Gasteiger partial charge in [0.15, 0.2) is 4.80 Å². The maximum absolute atomic E-state index is 14.6. The number of esters is 1. The number of methoxy groups -OCH3 is 1. The van der Waals surface area contributed by atoms with E-state index >= 15 is 0 Å². The number of nitrogens with zero attached hydrogens (tertiary/aromatic N) is 4. The standard InChI is InChI=1S/C38H38N4O6S/c1-4-10-28-34(37(45)48-5-2)35(33-27-13-7-6-11-24(27)15-16-30(33)46-3)42-36(44)31(49-38(42)39-28)21-25-22-41(29-14-9-8-12-26(25)29)23-32(43)40-17-19-47-20-18-40/h6-9,11-16,21-22,35H,4-5,10,17-20,23H2,1-3H3/b31-21+/t35-/m0/s1. The molecule has 1 fully saturated rings. The molecular formula is C38H38N4O6S. The van der Waals surface area contributed by atoms with E-state index in [9.17, 15) is 14.4 Å². The van der Waals surface area contributed by atoms with Crippen LogP contribution in [0.4, 0.5) is 0 Å². The normalized spacial score (nSPS) is 16.6. The number of ether oxygens (including phenoxy) is 3. The Morgan fingerprint density at radius 2 is 1.78 bits per heavy atom. The van der Waals surface area contributed by atoms with E-state index in [1.807, 2.05) is 89.3 Å². The van der Waals surface area contributed by atoms with Crippen LogP contribution < -0.4 is 19.6 Å². The first kappa shape index (κ1) is 32.5. The van der Waals surface area contributed by atoms with Crippen LogP contribution in [0.15, 0.2) is 87.9 Å². The number of thiazole rings is 1. The topological polar surface area (TPSA) is 104 Å². The molecule has 10 nitrogen and oxygen atoms in total. The SMILES string of the molecule is CCCC1=C(C(=O)OCC)[C@H](c2c(OC)ccc3ccccc23)n2c(s/c(=C/c3cn(CC(=O)N4CCOCC4)c4ccccc34)c2=O)=N1. The maximum atomic E-state index is 14.6. The summed E-state index contributed by atoms with van der Waals surface area (Å²) < 4.78 is 21.0. The first-order chi connectivity index (χ1) is 23.9. The lowest BCUT2D eigenvalue weighted by atomic mass is 9.90. The van der Waals surface area contributed by atoms with Crippen LogP contribution in [0.5, 0.6) is 5.75 Å². The monoisotopic (exact) mass is 678 g/mol. The molecule has 0 radical (unpaired) electrons. The second-order valence-corrected chi connectivity index (χ2v) is 13.0. The number of hydrogen-bond donors (Lipinski definition) is 0. The molecule has 2 aromatic heterocycles. The Morgan fingerprint density at radius 1 is 1.02 bits per heavy atom. The Balaban J connectivity index is 1.43. The van der Waals surface area contributed by atoms with E-state index in [4.69, 9.17) is 19.2 Å². The average molecular weight is 679 g/mol. The van der Waals surface area contributed by atoms with Crippen molar-refractivity contribution in [1.29, 1.82) is 0 Å². The molecule has 2 aliphatic heterocycles. The maximum Gasteiger partial charge on any atom is 0.338 e. The molecule has 1 saturated heterocycles. The van der Waals surface area contributed by atoms with Crippen molar-refractivity contribution in [2.45, 2.75) is 39.3 Å². The van der Waals surface area contributed by atoms with Gasteiger partial charge in [-0.1, -0.05) is 73.2 Å². The van der Waals surface area contributed by atoms with E-state index in [0.29, 0.717) is 64.6 Å². The molecule has 0 spiro atoms. The van der Waals surface area contributed by atoms with Crippen LogP contribution in [-0.4, -0.2) is 65.9 Å². The van der Waals surface area contributed by atoms with Crippen LogP contribution in [0.25, 0.3) is 27.8 Å². The second kappa shape index (κ2) is 13.9. The van der Waals surface area contributed by atoms with Crippen molar-refractivity contribution in [2.75, 3.05) is 40.0 Å². The summed E-state index contributed by atoms with van der Waals surface area (Å²) in [5.41, 5.74) is 3.09. The lowest BCUT2D eigenvalue weighted by Gasteiger charge is -2.28.